The van der Waals surface area contributed by atoms with Gasteiger partial charge in [-0.05, 0) is 35.6 Å². The maximum atomic E-state index is 12.5. The van der Waals surface area contributed by atoms with Gasteiger partial charge in [0, 0.05) is 43.9 Å². The lowest BCUT2D eigenvalue weighted by atomic mass is 9.99. The van der Waals surface area contributed by atoms with Crippen molar-refractivity contribution >= 4 is 11.5 Å². The fourth-order valence-corrected chi connectivity index (χ4v) is 3.60. The molecule has 1 N–H and O–H groups in total. The normalized spacial score (nSPS) is 16.5. The molecule has 0 amide bonds. The Balaban J connectivity index is 1.38. The average Bonchev–Trinajstić information content (AvgIpc) is 3.02. The van der Waals surface area contributed by atoms with Gasteiger partial charge in [0.25, 0.3) is 0 Å². The molecule has 118 valence electrons. The molecule has 23 heavy (non-hydrogen) atoms. The molecule has 2 aromatic rings. The van der Waals surface area contributed by atoms with Gasteiger partial charge in [0.1, 0.15) is 0 Å². The zero-order valence-corrected chi connectivity index (χ0v) is 13.3. The Morgan fingerprint density at radius 1 is 1.04 bits per heavy atom. The van der Waals surface area contributed by atoms with Crippen LogP contribution in [0.3, 0.4) is 0 Å². The van der Waals surface area contributed by atoms with Gasteiger partial charge in [0.2, 0.25) is 0 Å². The van der Waals surface area contributed by atoms with Gasteiger partial charge in [-0.15, -0.1) is 0 Å². The minimum Gasteiger partial charge on any atom is -0.385 e. The molecule has 2 aromatic carbocycles. The SMILES string of the molecule is O=C(CCN1Cc2ccccc2C1)c1ccc2c(c1)NCCC2. The summed E-state index contributed by atoms with van der Waals surface area (Å²) in [4.78, 5) is 14.9. The minimum absolute atomic E-state index is 0.246. The molecule has 2 heterocycles. The maximum absolute atomic E-state index is 12.5. The number of hydrogen-bond acceptors (Lipinski definition) is 3. The first-order chi connectivity index (χ1) is 11.3. The molecule has 0 saturated carbocycles. The van der Waals surface area contributed by atoms with E-state index in [2.05, 4.69) is 40.5 Å². The molecule has 0 aliphatic carbocycles. The Morgan fingerprint density at radius 3 is 2.61 bits per heavy atom. The molecule has 0 fully saturated rings. The number of aryl methyl sites for hydroxylation is 1. The lowest BCUT2D eigenvalue weighted by molar-refractivity contribution is 0.0963. The van der Waals surface area contributed by atoms with E-state index in [0.29, 0.717) is 6.42 Å². The van der Waals surface area contributed by atoms with Crippen molar-refractivity contribution in [3.8, 4) is 0 Å². The van der Waals surface area contributed by atoms with Crippen LogP contribution in [0.15, 0.2) is 42.5 Å². The first-order valence-electron chi connectivity index (χ1n) is 8.49. The Labute approximate surface area is 137 Å². The van der Waals surface area contributed by atoms with Crippen molar-refractivity contribution in [1.29, 1.82) is 0 Å². The predicted molar refractivity (Wildman–Crippen MR) is 92.8 cm³/mol. The van der Waals surface area contributed by atoms with Crippen molar-refractivity contribution in [2.45, 2.75) is 32.4 Å². The van der Waals surface area contributed by atoms with E-state index < -0.39 is 0 Å². The molecular formula is C20H22N2O. The second kappa shape index (κ2) is 6.17. The minimum atomic E-state index is 0.246. The van der Waals surface area contributed by atoms with Crippen molar-refractivity contribution < 1.29 is 4.79 Å². The van der Waals surface area contributed by atoms with Gasteiger partial charge in [-0.25, -0.2) is 0 Å². The first kappa shape index (κ1) is 14.5. The zero-order chi connectivity index (χ0) is 15.6. The zero-order valence-electron chi connectivity index (χ0n) is 13.3. The lowest BCUT2D eigenvalue weighted by Gasteiger charge is -2.19. The number of rotatable bonds is 4. The molecule has 0 saturated heterocycles. The molecule has 2 aliphatic rings. The van der Waals surface area contributed by atoms with E-state index in [1.54, 1.807) is 0 Å². The molecule has 0 spiro atoms. The van der Waals surface area contributed by atoms with Gasteiger partial charge in [0.15, 0.2) is 5.78 Å². The summed E-state index contributed by atoms with van der Waals surface area (Å²) in [5.74, 6) is 0.246. The summed E-state index contributed by atoms with van der Waals surface area (Å²) in [7, 11) is 0. The summed E-state index contributed by atoms with van der Waals surface area (Å²) in [6, 6.07) is 14.7. The third-order valence-electron chi connectivity index (χ3n) is 4.93. The highest BCUT2D eigenvalue weighted by atomic mass is 16.1. The summed E-state index contributed by atoms with van der Waals surface area (Å²) >= 11 is 0. The summed E-state index contributed by atoms with van der Waals surface area (Å²) in [6.07, 6.45) is 2.88. The smallest absolute Gasteiger partial charge is 0.164 e. The van der Waals surface area contributed by atoms with Crippen LogP contribution >= 0.6 is 0 Å². The van der Waals surface area contributed by atoms with E-state index in [1.165, 1.54) is 23.1 Å². The van der Waals surface area contributed by atoms with Crippen molar-refractivity contribution in [2.75, 3.05) is 18.4 Å². The van der Waals surface area contributed by atoms with Crippen molar-refractivity contribution in [3.63, 3.8) is 0 Å². The maximum Gasteiger partial charge on any atom is 0.164 e. The van der Waals surface area contributed by atoms with Crippen LogP contribution in [0.1, 0.15) is 39.9 Å². The van der Waals surface area contributed by atoms with E-state index in [9.17, 15) is 4.79 Å². The number of carbonyl (C=O) groups excluding carboxylic acids is 1. The number of benzene rings is 2. The highest BCUT2D eigenvalue weighted by Gasteiger charge is 2.19. The summed E-state index contributed by atoms with van der Waals surface area (Å²) in [5, 5.41) is 3.40. The molecule has 2 aliphatic heterocycles. The molecule has 3 nitrogen and oxygen atoms in total. The van der Waals surface area contributed by atoms with Crippen molar-refractivity contribution in [3.05, 3.63) is 64.7 Å². The van der Waals surface area contributed by atoms with Crippen LogP contribution < -0.4 is 5.32 Å². The fraction of sp³-hybridized carbons (Fsp3) is 0.350. The number of anilines is 1. The van der Waals surface area contributed by atoms with Gasteiger partial charge in [-0.2, -0.15) is 0 Å². The quantitative estimate of drug-likeness (QED) is 0.875. The van der Waals surface area contributed by atoms with Crippen molar-refractivity contribution in [2.24, 2.45) is 0 Å². The van der Waals surface area contributed by atoms with Gasteiger partial charge in [0.05, 0.1) is 0 Å². The fourth-order valence-electron chi connectivity index (χ4n) is 3.60. The lowest BCUT2D eigenvalue weighted by Crippen LogP contribution is -2.20. The van der Waals surface area contributed by atoms with Crippen LogP contribution in [0.25, 0.3) is 0 Å². The summed E-state index contributed by atoms with van der Waals surface area (Å²) < 4.78 is 0. The summed E-state index contributed by atoms with van der Waals surface area (Å²) in [5.41, 5.74) is 6.13. The van der Waals surface area contributed by atoms with Gasteiger partial charge in [-0.3, -0.25) is 9.69 Å². The van der Waals surface area contributed by atoms with Crippen LogP contribution in [0, 0.1) is 0 Å². The Bertz CT molecular complexity index is 713. The van der Waals surface area contributed by atoms with E-state index in [0.717, 1.165) is 43.9 Å². The molecule has 0 bridgehead atoms. The van der Waals surface area contributed by atoms with Crippen LogP contribution in [0.2, 0.25) is 0 Å². The second-order valence-corrected chi connectivity index (χ2v) is 6.55. The van der Waals surface area contributed by atoms with E-state index >= 15 is 0 Å². The number of fused-ring (bicyclic) bond motifs is 2. The number of ketones is 1. The number of carbonyl (C=O) groups is 1. The average molecular weight is 306 g/mol. The van der Waals surface area contributed by atoms with Crippen LogP contribution in [0.4, 0.5) is 5.69 Å². The number of nitrogens with zero attached hydrogens (tertiary/aromatic N) is 1. The van der Waals surface area contributed by atoms with Gasteiger partial charge in [-0.1, -0.05) is 36.4 Å². The second-order valence-electron chi connectivity index (χ2n) is 6.55. The molecular weight excluding hydrogens is 284 g/mol. The third-order valence-corrected chi connectivity index (χ3v) is 4.93. The van der Waals surface area contributed by atoms with Crippen LogP contribution in [-0.4, -0.2) is 23.8 Å². The van der Waals surface area contributed by atoms with Crippen LogP contribution in [0.5, 0.6) is 0 Å². The number of hydrogen-bond donors (Lipinski definition) is 1. The van der Waals surface area contributed by atoms with Crippen molar-refractivity contribution in [1.82, 2.24) is 4.90 Å². The Hall–Kier alpha value is -2.13. The predicted octanol–water partition coefficient (Wildman–Crippen LogP) is 3.63. The molecule has 3 heteroatoms. The highest BCUT2D eigenvalue weighted by molar-refractivity contribution is 5.97. The summed E-state index contributed by atoms with van der Waals surface area (Å²) in [6.45, 7) is 3.78. The van der Waals surface area contributed by atoms with E-state index in [1.807, 2.05) is 12.1 Å². The largest absolute Gasteiger partial charge is 0.385 e. The third kappa shape index (κ3) is 3.02. The number of nitrogens with one attached hydrogen (secondary N) is 1. The van der Waals surface area contributed by atoms with Crippen LogP contribution in [-0.2, 0) is 19.5 Å². The first-order valence-corrected chi connectivity index (χ1v) is 8.49. The highest BCUT2D eigenvalue weighted by Crippen LogP contribution is 2.25. The number of Topliss-reactive ketones (excluding diaryl/α,β-unsaturated/α-hetero) is 1. The topological polar surface area (TPSA) is 32.3 Å². The van der Waals surface area contributed by atoms with E-state index in [-0.39, 0.29) is 5.78 Å². The monoisotopic (exact) mass is 306 g/mol. The Morgan fingerprint density at radius 2 is 1.83 bits per heavy atom. The van der Waals surface area contributed by atoms with Gasteiger partial charge < -0.3 is 5.32 Å². The standard InChI is InChI=1S/C20H22N2O/c23-20(16-8-7-15-6-3-10-21-19(15)12-16)9-11-22-13-17-4-1-2-5-18(17)14-22/h1-2,4-5,7-8,12,21H,3,6,9-11,13-14H2. The van der Waals surface area contributed by atoms with E-state index in [4.69, 9.17) is 0 Å². The Kier molecular flexibility index (Phi) is 3.88. The molecule has 0 radical (unpaired) electrons. The molecule has 4 rings (SSSR count). The molecule has 0 aromatic heterocycles. The molecule has 0 unspecified atom stereocenters. The van der Waals surface area contributed by atoms with Gasteiger partial charge >= 0.3 is 0 Å². The molecule has 0 atom stereocenters.